The lowest BCUT2D eigenvalue weighted by Crippen LogP contribution is -2.25. The van der Waals surface area contributed by atoms with Crippen LogP contribution < -0.4 is 0 Å². The first kappa shape index (κ1) is 19.1. The number of benzene rings is 1. The largest absolute Gasteiger partial charge is 0.466 e. The fraction of sp³-hybridized carbons (Fsp3) is 0.389. The summed E-state index contributed by atoms with van der Waals surface area (Å²) in [5, 5.41) is 14.6. The lowest BCUT2D eigenvalue weighted by molar-refractivity contribution is -0.142. The summed E-state index contributed by atoms with van der Waals surface area (Å²) in [7, 11) is 1.77. The highest BCUT2D eigenvalue weighted by molar-refractivity contribution is 7.99. The van der Waals surface area contributed by atoms with Crippen LogP contribution in [0.3, 0.4) is 0 Å². The number of ether oxygens (including phenoxy) is 1. The van der Waals surface area contributed by atoms with Gasteiger partial charge in [0.15, 0.2) is 5.16 Å². The molecule has 0 unspecified atom stereocenters. The van der Waals surface area contributed by atoms with Gasteiger partial charge in [-0.3, -0.25) is 9.59 Å². The fourth-order valence-corrected chi connectivity index (χ4v) is 3.44. The Bertz CT molecular complexity index is 850. The predicted molar refractivity (Wildman–Crippen MR) is 101 cm³/mol. The minimum absolute atomic E-state index is 0.0582. The molecule has 1 aliphatic rings. The maximum absolute atomic E-state index is 12.4. The zero-order chi connectivity index (χ0) is 19.2. The van der Waals surface area contributed by atoms with Gasteiger partial charge in [0.2, 0.25) is 0 Å². The molecule has 0 bridgehead atoms. The summed E-state index contributed by atoms with van der Waals surface area (Å²) in [6.07, 6.45) is 0.802. The third kappa shape index (κ3) is 4.73. The Morgan fingerprint density at radius 1 is 1.22 bits per heavy atom. The predicted octanol–water partition coefficient (Wildman–Crippen LogP) is 1.65. The third-order valence-electron chi connectivity index (χ3n) is 4.05. The van der Waals surface area contributed by atoms with Crippen molar-refractivity contribution in [3.05, 3.63) is 41.7 Å². The summed E-state index contributed by atoms with van der Waals surface area (Å²) in [6.45, 7) is 2.66. The van der Waals surface area contributed by atoms with Crippen molar-refractivity contribution in [2.75, 3.05) is 18.9 Å². The van der Waals surface area contributed by atoms with Crippen LogP contribution >= 0.6 is 11.8 Å². The van der Waals surface area contributed by atoms with E-state index in [9.17, 15) is 9.59 Å². The maximum atomic E-state index is 12.4. The molecule has 1 amide bonds. The van der Waals surface area contributed by atoms with Gasteiger partial charge in [-0.25, -0.2) is 5.01 Å². The Morgan fingerprint density at radius 3 is 2.74 bits per heavy atom. The van der Waals surface area contributed by atoms with E-state index >= 15 is 0 Å². The second-order valence-corrected chi connectivity index (χ2v) is 6.85. The number of carbonyl (C=O) groups excluding carboxylic acids is 2. The highest BCUT2D eigenvalue weighted by Gasteiger charge is 2.22. The van der Waals surface area contributed by atoms with Crippen LogP contribution in [-0.4, -0.2) is 56.3 Å². The first-order chi connectivity index (χ1) is 13.1. The summed E-state index contributed by atoms with van der Waals surface area (Å²) in [5.41, 5.74) is 1.96. The van der Waals surface area contributed by atoms with Crippen LogP contribution in [0, 0.1) is 0 Å². The van der Waals surface area contributed by atoms with E-state index in [1.165, 1.54) is 16.8 Å². The molecule has 1 aliphatic heterocycles. The Morgan fingerprint density at radius 2 is 2.00 bits per heavy atom. The van der Waals surface area contributed by atoms with E-state index in [2.05, 4.69) is 15.3 Å². The van der Waals surface area contributed by atoms with Gasteiger partial charge in [-0.05, 0) is 12.5 Å². The number of nitrogens with zero attached hydrogens (tertiary/aromatic N) is 5. The van der Waals surface area contributed by atoms with Crippen molar-refractivity contribution in [3.63, 3.8) is 0 Å². The van der Waals surface area contributed by atoms with Crippen molar-refractivity contribution in [1.82, 2.24) is 19.8 Å². The molecule has 0 fully saturated rings. The number of hydrazone groups is 1. The molecule has 27 heavy (non-hydrogen) atoms. The lowest BCUT2D eigenvalue weighted by atomic mass is 10.1. The molecule has 2 heterocycles. The lowest BCUT2D eigenvalue weighted by Gasteiger charge is -2.10. The summed E-state index contributed by atoms with van der Waals surface area (Å²) in [4.78, 5) is 24.0. The van der Waals surface area contributed by atoms with Crippen molar-refractivity contribution < 1.29 is 14.3 Å². The fourth-order valence-electron chi connectivity index (χ4n) is 2.64. The van der Waals surface area contributed by atoms with Crippen molar-refractivity contribution in [3.8, 4) is 0 Å². The van der Waals surface area contributed by atoms with Crippen molar-refractivity contribution >= 4 is 29.4 Å². The molecule has 1 aromatic heterocycles. The molecular weight excluding hydrogens is 366 g/mol. The number of hydrogen-bond acceptors (Lipinski definition) is 7. The topological polar surface area (TPSA) is 89.7 Å². The molecule has 0 radical (unpaired) electrons. The van der Waals surface area contributed by atoms with Gasteiger partial charge in [0.05, 0.1) is 24.6 Å². The second kappa shape index (κ2) is 8.81. The quantitative estimate of drug-likeness (QED) is 0.530. The number of carbonyl (C=O) groups is 2. The first-order valence-corrected chi connectivity index (χ1v) is 9.67. The van der Waals surface area contributed by atoms with Gasteiger partial charge >= 0.3 is 5.97 Å². The zero-order valence-electron chi connectivity index (χ0n) is 15.3. The van der Waals surface area contributed by atoms with Crippen LogP contribution in [0.4, 0.5) is 0 Å². The van der Waals surface area contributed by atoms with E-state index in [0.29, 0.717) is 24.1 Å². The van der Waals surface area contributed by atoms with Crippen LogP contribution in [0.2, 0.25) is 0 Å². The Kier molecular flexibility index (Phi) is 6.23. The van der Waals surface area contributed by atoms with E-state index in [-0.39, 0.29) is 24.1 Å². The average Bonchev–Trinajstić information content (AvgIpc) is 3.29. The minimum atomic E-state index is -0.347. The molecule has 0 saturated heterocycles. The molecule has 1 aromatic carbocycles. The molecule has 142 valence electrons. The molecule has 9 heteroatoms. The number of rotatable bonds is 7. The van der Waals surface area contributed by atoms with Gasteiger partial charge in [-0.2, -0.15) is 5.10 Å². The zero-order valence-corrected chi connectivity index (χ0v) is 16.1. The SMILES string of the molecule is CCOC(=O)Cc1nnc(SCC(=O)N2CCC(c3ccccc3)=N2)n1C. The third-order valence-corrected chi connectivity index (χ3v) is 5.06. The average molecular weight is 387 g/mol. The molecule has 0 atom stereocenters. The van der Waals surface area contributed by atoms with Crippen molar-refractivity contribution in [1.29, 1.82) is 0 Å². The molecule has 2 aromatic rings. The van der Waals surface area contributed by atoms with Gasteiger partial charge in [-0.1, -0.05) is 42.1 Å². The van der Waals surface area contributed by atoms with Crippen LogP contribution in [0.5, 0.6) is 0 Å². The summed E-state index contributed by atoms with van der Waals surface area (Å²) in [5.74, 6) is 0.284. The van der Waals surface area contributed by atoms with E-state index < -0.39 is 0 Å². The molecule has 0 aliphatic carbocycles. The highest BCUT2D eigenvalue weighted by atomic mass is 32.2. The van der Waals surface area contributed by atoms with Crippen LogP contribution in [0.1, 0.15) is 24.7 Å². The van der Waals surface area contributed by atoms with Gasteiger partial charge in [0.25, 0.3) is 5.91 Å². The van der Waals surface area contributed by atoms with E-state index in [0.717, 1.165) is 17.7 Å². The second-order valence-electron chi connectivity index (χ2n) is 5.91. The first-order valence-electron chi connectivity index (χ1n) is 8.68. The Balaban J connectivity index is 1.56. The smallest absolute Gasteiger partial charge is 0.313 e. The normalized spacial score (nSPS) is 13.6. The van der Waals surface area contributed by atoms with Gasteiger partial charge in [-0.15, -0.1) is 10.2 Å². The van der Waals surface area contributed by atoms with Gasteiger partial charge < -0.3 is 9.30 Å². The Hall–Kier alpha value is -2.68. The van der Waals surface area contributed by atoms with Crippen LogP contribution in [0.15, 0.2) is 40.6 Å². The Labute approximate surface area is 161 Å². The van der Waals surface area contributed by atoms with Crippen LogP contribution in [0.25, 0.3) is 0 Å². The van der Waals surface area contributed by atoms with E-state index in [1.54, 1.807) is 18.5 Å². The standard InChI is InChI=1S/C18H21N5O3S/c1-3-26-17(25)11-15-19-20-18(22(15)2)27-12-16(24)23-10-9-14(21-23)13-7-5-4-6-8-13/h4-8H,3,9-12H2,1-2H3. The molecule has 3 rings (SSSR count). The number of aromatic nitrogens is 3. The monoisotopic (exact) mass is 387 g/mol. The number of esters is 1. The molecular formula is C18H21N5O3S. The maximum Gasteiger partial charge on any atom is 0.313 e. The minimum Gasteiger partial charge on any atom is -0.466 e. The molecule has 0 saturated carbocycles. The van der Waals surface area contributed by atoms with Crippen molar-refractivity contribution in [2.45, 2.75) is 24.9 Å². The summed E-state index contributed by atoms with van der Waals surface area (Å²) in [6, 6.07) is 9.86. The van der Waals surface area contributed by atoms with Crippen molar-refractivity contribution in [2.24, 2.45) is 12.1 Å². The number of hydrogen-bond donors (Lipinski definition) is 0. The van der Waals surface area contributed by atoms with Crippen LogP contribution in [-0.2, 0) is 27.8 Å². The highest BCUT2D eigenvalue weighted by Crippen LogP contribution is 2.19. The number of amides is 1. The van der Waals surface area contributed by atoms with Gasteiger partial charge in [0.1, 0.15) is 12.2 Å². The summed E-state index contributed by atoms with van der Waals surface area (Å²) < 4.78 is 6.63. The number of thioether (sulfide) groups is 1. The molecule has 0 N–H and O–H groups in total. The molecule has 8 nitrogen and oxygen atoms in total. The van der Waals surface area contributed by atoms with E-state index in [4.69, 9.17) is 4.74 Å². The van der Waals surface area contributed by atoms with Gasteiger partial charge in [0, 0.05) is 13.5 Å². The van der Waals surface area contributed by atoms with E-state index in [1.807, 2.05) is 30.3 Å². The molecule has 0 spiro atoms. The summed E-state index contributed by atoms with van der Waals surface area (Å²) >= 11 is 1.28.